The molecule has 0 aliphatic carbocycles. The maximum absolute atomic E-state index is 8.97. The normalized spacial score (nSPS) is 22.1. The van der Waals surface area contributed by atoms with Crippen LogP contribution in [-0.2, 0) is 0 Å². The highest BCUT2D eigenvalue weighted by Gasteiger charge is 2.38. The minimum Gasteiger partial charge on any atom is -0.303 e. The van der Waals surface area contributed by atoms with Crippen molar-refractivity contribution in [1.29, 1.82) is 5.26 Å². The summed E-state index contributed by atoms with van der Waals surface area (Å²) in [6.45, 7) is 8.99. The molecule has 0 atom stereocenters. The number of rotatable bonds is 2. The summed E-state index contributed by atoms with van der Waals surface area (Å²) in [7, 11) is 4.20. The van der Waals surface area contributed by atoms with E-state index in [0.717, 1.165) is 25.9 Å². The number of hydrogen-bond acceptors (Lipinski definition) is 3. The van der Waals surface area contributed by atoms with Crippen LogP contribution in [0.4, 0.5) is 0 Å². The Morgan fingerprint density at radius 3 is 2.06 bits per heavy atom. The van der Waals surface area contributed by atoms with Gasteiger partial charge in [0.05, 0.1) is 12.5 Å². The Kier molecular flexibility index (Phi) is 3.98. The average molecular weight is 223 g/mol. The number of likely N-dealkylation sites (tertiary alicyclic amines) is 1. The zero-order valence-corrected chi connectivity index (χ0v) is 11.4. The molecule has 0 bridgehead atoms. The number of piperidine rings is 1. The summed E-state index contributed by atoms with van der Waals surface area (Å²) >= 11 is 0. The van der Waals surface area contributed by atoms with Gasteiger partial charge in [-0.1, -0.05) is 0 Å². The molecule has 1 saturated heterocycles. The smallest absolute Gasteiger partial charge is 0.0641 e. The second-order valence-electron chi connectivity index (χ2n) is 6.11. The van der Waals surface area contributed by atoms with Gasteiger partial charge in [0, 0.05) is 24.2 Å². The van der Waals surface area contributed by atoms with Gasteiger partial charge < -0.3 is 4.90 Å². The van der Waals surface area contributed by atoms with Gasteiger partial charge in [-0.05, 0) is 47.7 Å². The Morgan fingerprint density at radius 1 is 1.25 bits per heavy atom. The maximum Gasteiger partial charge on any atom is 0.0641 e. The predicted molar refractivity (Wildman–Crippen MR) is 67.2 cm³/mol. The summed E-state index contributed by atoms with van der Waals surface area (Å²) in [4.78, 5) is 4.77. The van der Waals surface area contributed by atoms with Crippen LogP contribution >= 0.6 is 0 Å². The zero-order valence-electron chi connectivity index (χ0n) is 11.4. The Hall–Kier alpha value is -0.590. The number of nitriles is 1. The molecule has 1 aliphatic heterocycles. The van der Waals surface area contributed by atoms with Crippen molar-refractivity contribution in [2.24, 2.45) is 0 Å². The molecule has 0 radical (unpaired) electrons. The highest BCUT2D eigenvalue weighted by molar-refractivity contribution is 5.00. The molecule has 0 saturated carbocycles. The SMILES string of the molecule is CN(C)C1(CC#N)CCN(C(C)(C)C)CC1. The predicted octanol–water partition coefficient (Wildman–Crippen LogP) is 2.09. The van der Waals surface area contributed by atoms with Crippen LogP contribution < -0.4 is 0 Å². The van der Waals surface area contributed by atoms with Crippen LogP contribution in [0.2, 0.25) is 0 Å². The fraction of sp³-hybridized carbons (Fsp3) is 0.923. The minimum absolute atomic E-state index is 0.108. The quantitative estimate of drug-likeness (QED) is 0.718. The van der Waals surface area contributed by atoms with E-state index in [1.54, 1.807) is 0 Å². The first kappa shape index (κ1) is 13.5. The van der Waals surface area contributed by atoms with Crippen molar-refractivity contribution in [2.75, 3.05) is 27.2 Å². The van der Waals surface area contributed by atoms with Crippen LogP contribution in [0.1, 0.15) is 40.0 Å². The summed E-state index contributed by atoms with van der Waals surface area (Å²) in [6.07, 6.45) is 2.85. The van der Waals surface area contributed by atoms with Gasteiger partial charge in [-0.3, -0.25) is 4.90 Å². The Bertz CT molecular complexity index is 262. The molecule has 0 amide bonds. The standard InChI is InChI=1S/C13H25N3/c1-12(2,3)16-10-7-13(6-9-14,8-11-16)15(4)5/h6-8,10-11H2,1-5H3. The molecule has 1 rings (SSSR count). The fourth-order valence-electron chi connectivity index (χ4n) is 2.52. The lowest BCUT2D eigenvalue weighted by Gasteiger charge is -2.48. The van der Waals surface area contributed by atoms with E-state index in [0.29, 0.717) is 6.42 Å². The van der Waals surface area contributed by atoms with Gasteiger partial charge in [0.2, 0.25) is 0 Å². The van der Waals surface area contributed by atoms with Crippen LogP contribution in [0.15, 0.2) is 0 Å². The monoisotopic (exact) mass is 223 g/mol. The maximum atomic E-state index is 8.97. The third-order valence-electron chi connectivity index (χ3n) is 4.00. The van der Waals surface area contributed by atoms with Crippen molar-refractivity contribution < 1.29 is 0 Å². The second-order valence-corrected chi connectivity index (χ2v) is 6.11. The fourth-order valence-corrected chi connectivity index (χ4v) is 2.52. The summed E-state index contributed by atoms with van der Waals surface area (Å²) < 4.78 is 0. The molecule has 0 N–H and O–H groups in total. The second kappa shape index (κ2) is 4.73. The lowest BCUT2D eigenvalue weighted by molar-refractivity contribution is 0.0199. The molecular weight excluding hydrogens is 198 g/mol. The summed E-state index contributed by atoms with van der Waals surface area (Å²) in [5.41, 5.74) is 0.363. The Labute approximate surface area is 100 Å². The molecule has 0 aromatic heterocycles. The van der Waals surface area contributed by atoms with Crippen molar-refractivity contribution in [1.82, 2.24) is 9.80 Å². The van der Waals surface area contributed by atoms with Gasteiger partial charge in [0.15, 0.2) is 0 Å². The molecule has 0 unspecified atom stereocenters. The van der Waals surface area contributed by atoms with Crippen LogP contribution in [0.3, 0.4) is 0 Å². The Balaban J connectivity index is 2.68. The lowest BCUT2D eigenvalue weighted by Crippen LogP contribution is -2.56. The summed E-state index contributed by atoms with van der Waals surface area (Å²) in [5, 5.41) is 8.97. The highest BCUT2D eigenvalue weighted by atomic mass is 15.2. The van der Waals surface area contributed by atoms with Gasteiger partial charge >= 0.3 is 0 Å². The largest absolute Gasteiger partial charge is 0.303 e. The van der Waals surface area contributed by atoms with Crippen molar-refractivity contribution >= 4 is 0 Å². The minimum atomic E-state index is 0.108. The lowest BCUT2D eigenvalue weighted by atomic mass is 9.82. The average Bonchev–Trinajstić information content (AvgIpc) is 2.17. The first-order valence-corrected chi connectivity index (χ1v) is 6.11. The van der Waals surface area contributed by atoms with Crippen molar-refractivity contribution in [2.45, 2.75) is 51.1 Å². The molecule has 1 heterocycles. The molecule has 1 aliphatic rings. The molecule has 0 aromatic carbocycles. The first-order chi connectivity index (χ1) is 7.32. The van der Waals surface area contributed by atoms with E-state index in [1.807, 2.05) is 0 Å². The van der Waals surface area contributed by atoms with E-state index in [4.69, 9.17) is 5.26 Å². The molecule has 3 nitrogen and oxygen atoms in total. The molecule has 0 aromatic rings. The third-order valence-corrected chi connectivity index (χ3v) is 4.00. The van der Waals surface area contributed by atoms with Crippen molar-refractivity contribution in [3.63, 3.8) is 0 Å². The Morgan fingerprint density at radius 2 is 1.75 bits per heavy atom. The molecule has 3 heteroatoms. The van der Waals surface area contributed by atoms with Gasteiger partial charge in [0.1, 0.15) is 0 Å². The topological polar surface area (TPSA) is 30.3 Å². The van der Waals surface area contributed by atoms with Crippen LogP contribution in [0, 0.1) is 11.3 Å². The number of hydrogen-bond donors (Lipinski definition) is 0. The molecule has 92 valence electrons. The van der Waals surface area contributed by atoms with Gasteiger partial charge in [0.25, 0.3) is 0 Å². The van der Waals surface area contributed by atoms with E-state index in [1.165, 1.54) is 0 Å². The third kappa shape index (κ3) is 2.75. The van der Waals surface area contributed by atoms with Crippen LogP contribution in [-0.4, -0.2) is 48.1 Å². The molecule has 16 heavy (non-hydrogen) atoms. The molecule has 0 spiro atoms. The summed E-state index contributed by atoms with van der Waals surface area (Å²) in [6, 6.07) is 2.35. The molecule has 1 fully saturated rings. The van der Waals surface area contributed by atoms with Crippen LogP contribution in [0.5, 0.6) is 0 Å². The van der Waals surface area contributed by atoms with Crippen molar-refractivity contribution in [3.05, 3.63) is 0 Å². The van der Waals surface area contributed by atoms with E-state index < -0.39 is 0 Å². The van der Waals surface area contributed by atoms with E-state index in [2.05, 4.69) is 50.7 Å². The van der Waals surface area contributed by atoms with Gasteiger partial charge in [-0.15, -0.1) is 0 Å². The van der Waals surface area contributed by atoms with E-state index in [9.17, 15) is 0 Å². The number of nitrogens with zero attached hydrogens (tertiary/aromatic N) is 3. The van der Waals surface area contributed by atoms with Crippen molar-refractivity contribution in [3.8, 4) is 6.07 Å². The highest BCUT2D eigenvalue weighted by Crippen LogP contribution is 2.32. The van der Waals surface area contributed by atoms with E-state index in [-0.39, 0.29) is 11.1 Å². The van der Waals surface area contributed by atoms with E-state index >= 15 is 0 Å². The van der Waals surface area contributed by atoms with Crippen LogP contribution in [0.25, 0.3) is 0 Å². The summed E-state index contributed by atoms with van der Waals surface area (Å²) in [5.74, 6) is 0. The van der Waals surface area contributed by atoms with Gasteiger partial charge in [-0.25, -0.2) is 0 Å². The van der Waals surface area contributed by atoms with Gasteiger partial charge in [-0.2, -0.15) is 5.26 Å². The molecular formula is C13H25N3. The zero-order chi connectivity index (χ0) is 12.4. The first-order valence-electron chi connectivity index (χ1n) is 6.11.